The van der Waals surface area contributed by atoms with E-state index >= 15 is 0 Å². The van der Waals surface area contributed by atoms with E-state index in [1.165, 1.54) is 63.4 Å². The first kappa shape index (κ1) is 19.9. The van der Waals surface area contributed by atoms with Crippen LogP contribution >= 0.6 is 12.2 Å². The molecule has 3 heteroatoms. The van der Waals surface area contributed by atoms with Gasteiger partial charge in [-0.15, -0.1) is 0 Å². The Kier molecular flexibility index (Phi) is 7.74. The lowest BCUT2D eigenvalue weighted by atomic mass is 9.77. The van der Waals surface area contributed by atoms with E-state index in [1.54, 1.807) is 0 Å². The van der Waals surface area contributed by atoms with E-state index in [1.807, 2.05) is 24.3 Å². The van der Waals surface area contributed by atoms with Gasteiger partial charge in [0.15, 0.2) is 0 Å². The Morgan fingerprint density at radius 2 is 1.78 bits per heavy atom. The minimum atomic E-state index is 0.692. The lowest BCUT2D eigenvalue weighted by molar-refractivity contribution is 0.302. The highest BCUT2D eigenvalue weighted by Gasteiger charge is 2.22. The summed E-state index contributed by atoms with van der Waals surface area (Å²) in [6, 6.07) is 12.4. The van der Waals surface area contributed by atoms with Gasteiger partial charge in [0.1, 0.15) is 0 Å². The number of thiocarbonyl (C=S) groups is 1. The maximum Gasteiger partial charge on any atom is 0.0740 e. The van der Waals surface area contributed by atoms with Gasteiger partial charge in [-0.2, -0.15) is 4.99 Å². The van der Waals surface area contributed by atoms with Crippen molar-refractivity contribution in [1.82, 2.24) is 4.98 Å². The van der Waals surface area contributed by atoms with Crippen molar-refractivity contribution in [2.45, 2.75) is 70.6 Å². The predicted molar refractivity (Wildman–Crippen MR) is 118 cm³/mol. The second-order valence-corrected chi connectivity index (χ2v) is 7.98. The molecule has 27 heavy (non-hydrogen) atoms. The van der Waals surface area contributed by atoms with E-state index < -0.39 is 0 Å². The van der Waals surface area contributed by atoms with Crippen molar-refractivity contribution in [3.8, 4) is 11.3 Å². The number of aliphatic imine (C=N–C) groups is 1. The van der Waals surface area contributed by atoms with Crippen LogP contribution < -0.4 is 0 Å². The summed E-state index contributed by atoms with van der Waals surface area (Å²) in [6.45, 7) is 2.29. The standard InChI is InChI=1S/C24H30N2S/c1-2-3-4-5-6-19-7-9-20(10-8-19)22-13-16-24(25-17-22)21-11-14-23(15-12-21)26-18-27/h11-17,19-20H,2-10H2,1H3. The smallest absolute Gasteiger partial charge is 0.0740 e. The lowest BCUT2D eigenvalue weighted by Crippen LogP contribution is -2.13. The van der Waals surface area contributed by atoms with E-state index in [2.05, 4.69) is 47.6 Å². The summed E-state index contributed by atoms with van der Waals surface area (Å²) in [4.78, 5) is 8.72. The monoisotopic (exact) mass is 378 g/mol. The molecule has 1 aliphatic carbocycles. The topological polar surface area (TPSA) is 25.2 Å². The van der Waals surface area contributed by atoms with Crippen molar-refractivity contribution < 1.29 is 0 Å². The third-order valence-electron chi connectivity index (χ3n) is 5.91. The van der Waals surface area contributed by atoms with Gasteiger partial charge < -0.3 is 0 Å². The molecule has 1 aromatic carbocycles. The number of benzene rings is 1. The highest BCUT2D eigenvalue weighted by molar-refractivity contribution is 7.78. The van der Waals surface area contributed by atoms with Crippen molar-refractivity contribution in [3.63, 3.8) is 0 Å². The summed E-state index contributed by atoms with van der Waals surface area (Å²) >= 11 is 4.65. The Hall–Kier alpha value is -1.83. The molecule has 1 fully saturated rings. The molecule has 0 radical (unpaired) electrons. The second-order valence-electron chi connectivity index (χ2n) is 7.79. The molecule has 3 rings (SSSR count). The molecule has 0 bridgehead atoms. The zero-order valence-electron chi connectivity index (χ0n) is 16.4. The molecule has 0 amide bonds. The highest BCUT2D eigenvalue weighted by atomic mass is 32.1. The molecule has 142 valence electrons. The van der Waals surface area contributed by atoms with Gasteiger partial charge in [-0.3, -0.25) is 4.98 Å². The Labute approximate surface area is 169 Å². The third-order valence-corrected chi connectivity index (χ3v) is 6.00. The zero-order chi connectivity index (χ0) is 18.9. The second kappa shape index (κ2) is 10.5. The van der Waals surface area contributed by atoms with Crippen LogP contribution in [0.15, 0.2) is 47.6 Å². The number of aromatic nitrogens is 1. The van der Waals surface area contributed by atoms with Crippen molar-refractivity contribution in [1.29, 1.82) is 0 Å². The Bertz CT molecular complexity index is 737. The molecular weight excluding hydrogens is 348 g/mol. The summed E-state index contributed by atoms with van der Waals surface area (Å²) in [6.07, 6.45) is 14.5. The molecule has 2 nitrogen and oxygen atoms in total. The molecular formula is C24H30N2S. The number of hydrogen-bond donors (Lipinski definition) is 0. The first-order valence-electron chi connectivity index (χ1n) is 10.4. The van der Waals surface area contributed by atoms with E-state index in [0.29, 0.717) is 5.92 Å². The van der Waals surface area contributed by atoms with Crippen LogP contribution in [0.3, 0.4) is 0 Å². The van der Waals surface area contributed by atoms with Gasteiger partial charge in [0.2, 0.25) is 0 Å². The zero-order valence-corrected chi connectivity index (χ0v) is 17.2. The maximum absolute atomic E-state index is 4.72. The van der Waals surface area contributed by atoms with Gasteiger partial charge >= 0.3 is 0 Å². The minimum Gasteiger partial charge on any atom is -0.256 e. The molecule has 0 aliphatic heterocycles. The average molecular weight is 379 g/mol. The first-order chi connectivity index (χ1) is 13.3. The molecule has 0 saturated heterocycles. The summed E-state index contributed by atoms with van der Waals surface area (Å²) in [5.41, 5.74) is 4.36. The molecule has 0 spiro atoms. The van der Waals surface area contributed by atoms with Crippen LogP contribution in [0.4, 0.5) is 5.69 Å². The van der Waals surface area contributed by atoms with E-state index in [0.717, 1.165) is 22.9 Å². The predicted octanol–water partition coefficient (Wildman–Crippen LogP) is 7.73. The van der Waals surface area contributed by atoms with Crippen LogP contribution in [-0.2, 0) is 0 Å². The van der Waals surface area contributed by atoms with Crippen molar-refractivity contribution >= 4 is 23.1 Å². The van der Waals surface area contributed by atoms with Crippen LogP contribution in [-0.4, -0.2) is 10.1 Å². The van der Waals surface area contributed by atoms with Gasteiger partial charge in [0.25, 0.3) is 0 Å². The molecule has 1 saturated carbocycles. The van der Waals surface area contributed by atoms with Crippen LogP contribution in [0.2, 0.25) is 0 Å². The third kappa shape index (κ3) is 5.82. The largest absolute Gasteiger partial charge is 0.256 e. The average Bonchev–Trinajstić information content (AvgIpc) is 2.73. The molecule has 1 heterocycles. The number of isothiocyanates is 1. The Morgan fingerprint density at radius 3 is 2.41 bits per heavy atom. The molecule has 0 N–H and O–H groups in total. The van der Waals surface area contributed by atoms with E-state index in [9.17, 15) is 0 Å². The first-order valence-corrected chi connectivity index (χ1v) is 10.8. The Balaban J connectivity index is 1.53. The van der Waals surface area contributed by atoms with Crippen molar-refractivity contribution in [3.05, 3.63) is 48.2 Å². The fourth-order valence-corrected chi connectivity index (χ4v) is 4.33. The van der Waals surface area contributed by atoms with Crippen molar-refractivity contribution in [2.24, 2.45) is 10.9 Å². The lowest BCUT2D eigenvalue weighted by Gasteiger charge is -2.28. The van der Waals surface area contributed by atoms with Crippen molar-refractivity contribution in [2.75, 3.05) is 0 Å². The van der Waals surface area contributed by atoms with Gasteiger partial charge in [-0.05, 0) is 73.5 Å². The molecule has 2 aromatic rings. The van der Waals surface area contributed by atoms with Gasteiger partial charge in [0.05, 0.1) is 16.5 Å². The van der Waals surface area contributed by atoms with Gasteiger partial charge in [0, 0.05) is 11.8 Å². The number of nitrogens with zero attached hydrogens (tertiary/aromatic N) is 2. The Morgan fingerprint density at radius 1 is 1.00 bits per heavy atom. The fourth-order valence-electron chi connectivity index (χ4n) is 4.22. The summed E-state index contributed by atoms with van der Waals surface area (Å²) in [5, 5.41) is 2.40. The number of unbranched alkanes of at least 4 members (excludes halogenated alkanes) is 3. The van der Waals surface area contributed by atoms with Crippen LogP contribution in [0.5, 0.6) is 0 Å². The van der Waals surface area contributed by atoms with Gasteiger partial charge in [-0.1, -0.05) is 57.2 Å². The van der Waals surface area contributed by atoms with Crippen LogP contribution in [0.25, 0.3) is 11.3 Å². The van der Waals surface area contributed by atoms with E-state index in [-0.39, 0.29) is 0 Å². The number of rotatable bonds is 8. The highest BCUT2D eigenvalue weighted by Crippen LogP contribution is 2.38. The van der Waals surface area contributed by atoms with Gasteiger partial charge in [-0.25, -0.2) is 0 Å². The number of pyridine rings is 1. The molecule has 0 unspecified atom stereocenters. The molecule has 1 aromatic heterocycles. The molecule has 0 atom stereocenters. The molecule has 1 aliphatic rings. The maximum atomic E-state index is 4.72. The quantitative estimate of drug-likeness (QED) is 0.267. The van der Waals surface area contributed by atoms with E-state index in [4.69, 9.17) is 4.98 Å². The summed E-state index contributed by atoms with van der Waals surface area (Å²) in [7, 11) is 0. The number of hydrogen-bond acceptors (Lipinski definition) is 3. The normalized spacial score (nSPS) is 19.4. The minimum absolute atomic E-state index is 0.692. The summed E-state index contributed by atoms with van der Waals surface area (Å²) < 4.78 is 0. The summed E-state index contributed by atoms with van der Waals surface area (Å²) in [5.74, 6) is 1.65. The fraction of sp³-hybridized carbons (Fsp3) is 0.500. The SMILES string of the molecule is CCCCCCC1CCC(c2ccc(-c3ccc(N=C=S)cc3)nc2)CC1. The van der Waals surface area contributed by atoms with Crippen LogP contribution in [0.1, 0.15) is 76.2 Å². The van der Waals surface area contributed by atoms with Crippen LogP contribution in [0, 0.1) is 5.92 Å².